The molecule has 0 radical (unpaired) electrons. The van der Waals surface area contributed by atoms with Gasteiger partial charge in [-0.25, -0.2) is 4.79 Å². The number of aliphatic carboxylic acids is 3. The van der Waals surface area contributed by atoms with Gasteiger partial charge in [0.1, 0.15) is 18.1 Å². The van der Waals surface area contributed by atoms with Crippen molar-refractivity contribution in [2.75, 3.05) is 6.54 Å². The minimum atomic E-state index is -1.66. The van der Waals surface area contributed by atoms with Crippen LogP contribution in [0.25, 0.3) is 0 Å². The Morgan fingerprint density at radius 2 is 1.62 bits per heavy atom. The van der Waals surface area contributed by atoms with Crippen LogP contribution in [0.4, 0.5) is 0 Å². The first kappa shape index (κ1) is 26.8. The number of nitrogens with zero attached hydrogens (tertiary/aromatic N) is 1. The van der Waals surface area contributed by atoms with Crippen molar-refractivity contribution < 1.29 is 44.1 Å². The molecule has 7 N–H and O–H groups in total. The molecule has 0 aromatic carbocycles. The molecule has 1 heterocycles. The normalized spacial score (nSPS) is 19.3. The lowest BCUT2D eigenvalue weighted by Gasteiger charge is -2.32. The number of carboxylic acids is 3. The molecule has 0 unspecified atom stereocenters. The zero-order chi connectivity index (χ0) is 24.6. The Kier molecular flexibility index (Phi) is 10.0. The standard InChI is InChI=1S/C19H30N4O9/c1-3-9(2)15(22-16(28)10(20)7-13(24)25)18(30)23-6-4-5-12(23)17(29)21-11(19(31)32)8-14(26)27/h9-12,15H,3-8,20H2,1-2H3,(H,21,29)(H,22,28)(H,24,25)(H,26,27)(H,31,32)/t9-,10-,11-,12-,15-/m0/s1. The van der Waals surface area contributed by atoms with Gasteiger partial charge in [-0.15, -0.1) is 0 Å². The summed E-state index contributed by atoms with van der Waals surface area (Å²) in [5, 5.41) is 31.4. The molecule has 0 aromatic heterocycles. The number of carbonyl (C=O) groups excluding carboxylic acids is 3. The second-order valence-electron chi connectivity index (χ2n) is 7.76. The smallest absolute Gasteiger partial charge is 0.326 e. The predicted molar refractivity (Wildman–Crippen MR) is 108 cm³/mol. The van der Waals surface area contributed by atoms with E-state index >= 15 is 0 Å². The minimum absolute atomic E-state index is 0.178. The molecule has 0 spiro atoms. The number of carbonyl (C=O) groups is 6. The lowest BCUT2D eigenvalue weighted by atomic mass is 9.96. The maximum atomic E-state index is 13.2. The Labute approximate surface area is 184 Å². The molecule has 32 heavy (non-hydrogen) atoms. The van der Waals surface area contributed by atoms with E-state index in [4.69, 9.17) is 21.1 Å². The summed E-state index contributed by atoms with van der Waals surface area (Å²) in [7, 11) is 0. The predicted octanol–water partition coefficient (Wildman–Crippen LogP) is -1.65. The average molecular weight is 458 g/mol. The van der Waals surface area contributed by atoms with Gasteiger partial charge in [0.2, 0.25) is 17.7 Å². The van der Waals surface area contributed by atoms with E-state index in [-0.39, 0.29) is 18.9 Å². The number of rotatable bonds is 12. The van der Waals surface area contributed by atoms with Crippen LogP contribution in [0.2, 0.25) is 0 Å². The van der Waals surface area contributed by atoms with Crippen molar-refractivity contribution in [3.05, 3.63) is 0 Å². The van der Waals surface area contributed by atoms with Crippen molar-refractivity contribution in [3.63, 3.8) is 0 Å². The molecule has 5 atom stereocenters. The molecule has 0 aliphatic carbocycles. The number of carboxylic acid groups (broad SMARTS) is 3. The molecule has 180 valence electrons. The van der Waals surface area contributed by atoms with Gasteiger partial charge < -0.3 is 36.6 Å². The molecule has 1 aliphatic rings. The van der Waals surface area contributed by atoms with Crippen LogP contribution in [0.3, 0.4) is 0 Å². The maximum Gasteiger partial charge on any atom is 0.326 e. The molecule has 1 aliphatic heterocycles. The number of amides is 3. The molecule has 0 bridgehead atoms. The van der Waals surface area contributed by atoms with Gasteiger partial charge in [0, 0.05) is 6.54 Å². The molecule has 13 heteroatoms. The SMILES string of the molecule is CC[C@H](C)[C@H](NC(=O)[C@@H](N)CC(=O)O)C(=O)N1CCC[C@H]1C(=O)N[C@@H](CC(=O)O)C(=O)O. The maximum absolute atomic E-state index is 13.2. The monoisotopic (exact) mass is 458 g/mol. The van der Waals surface area contributed by atoms with Crippen LogP contribution in [0.1, 0.15) is 46.0 Å². The fourth-order valence-corrected chi connectivity index (χ4v) is 3.35. The van der Waals surface area contributed by atoms with Crippen molar-refractivity contribution >= 4 is 35.6 Å². The topological polar surface area (TPSA) is 216 Å². The van der Waals surface area contributed by atoms with E-state index in [2.05, 4.69) is 10.6 Å². The Hall–Kier alpha value is -3.22. The van der Waals surface area contributed by atoms with E-state index in [1.54, 1.807) is 13.8 Å². The van der Waals surface area contributed by atoms with Gasteiger partial charge in [0.25, 0.3) is 0 Å². The van der Waals surface area contributed by atoms with Gasteiger partial charge in [-0.1, -0.05) is 20.3 Å². The lowest BCUT2D eigenvalue weighted by Crippen LogP contribution is -2.58. The largest absolute Gasteiger partial charge is 0.481 e. The summed E-state index contributed by atoms with van der Waals surface area (Å²) in [4.78, 5) is 72.2. The first-order valence-electron chi connectivity index (χ1n) is 10.2. The highest BCUT2D eigenvalue weighted by atomic mass is 16.4. The molecule has 0 saturated carbocycles. The minimum Gasteiger partial charge on any atom is -0.481 e. The summed E-state index contributed by atoms with van der Waals surface area (Å²) in [5.74, 6) is -6.78. The van der Waals surface area contributed by atoms with Crippen LogP contribution in [0.5, 0.6) is 0 Å². The quantitative estimate of drug-likeness (QED) is 0.196. The van der Waals surface area contributed by atoms with E-state index in [0.29, 0.717) is 12.8 Å². The first-order valence-corrected chi connectivity index (χ1v) is 10.2. The highest BCUT2D eigenvalue weighted by molar-refractivity contribution is 5.95. The van der Waals surface area contributed by atoms with Crippen LogP contribution >= 0.6 is 0 Å². The highest BCUT2D eigenvalue weighted by Crippen LogP contribution is 2.22. The summed E-state index contributed by atoms with van der Waals surface area (Å²) in [6, 6.07) is -5.13. The highest BCUT2D eigenvalue weighted by Gasteiger charge is 2.40. The fraction of sp³-hybridized carbons (Fsp3) is 0.684. The van der Waals surface area contributed by atoms with Crippen molar-refractivity contribution in [3.8, 4) is 0 Å². The summed E-state index contributed by atoms with van der Waals surface area (Å²) < 4.78 is 0. The number of nitrogens with one attached hydrogen (secondary N) is 2. The van der Waals surface area contributed by atoms with E-state index < -0.39 is 72.6 Å². The molecule has 3 amide bonds. The van der Waals surface area contributed by atoms with Crippen molar-refractivity contribution in [2.24, 2.45) is 11.7 Å². The molecular formula is C19H30N4O9. The van der Waals surface area contributed by atoms with Crippen molar-refractivity contribution in [2.45, 2.75) is 70.1 Å². The van der Waals surface area contributed by atoms with E-state index in [9.17, 15) is 28.8 Å². The molecule has 1 fully saturated rings. The number of likely N-dealkylation sites (tertiary alicyclic amines) is 1. The van der Waals surface area contributed by atoms with Crippen LogP contribution < -0.4 is 16.4 Å². The first-order chi connectivity index (χ1) is 14.9. The molecule has 1 saturated heterocycles. The van der Waals surface area contributed by atoms with Crippen LogP contribution in [-0.2, 0) is 28.8 Å². The van der Waals surface area contributed by atoms with Gasteiger partial charge in [-0.2, -0.15) is 0 Å². The Balaban J connectivity index is 2.99. The third-order valence-electron chi connectivity index (χ3n) is 5.34. The summed E-state index contributed by atoms with van der Waals surface area (Å²) >= 11 is 0. The number of hydrogen-bond donors (Lipinski definition) is 6. The van der Waals surface area contributed by atoms with Gasteiger partial charge >= 0.3 is 17.9 Å². The van der Waals surface area contributed by atoms with Crippen molar-refractivity contribution in [1.29, 1.82) is 0 Å². The molecule has 13 nitrogen and oxygen atoms in total. The van der Waals surface area contributed by atoms with Crippen LogP contribution in [0.15, 0.2) is 0 Å². The van der Waals surface area contributed by atoms with Gasteiger partial charge in [0.15, 0.2) is 0 Å². The molecular weight excluding hydrogens is 428 g/mol. The lowest BCUT2D eigenvalue weighted by molar-refractivity contribution is -0.148. The van der Waals surface area contributed by atoms with Crippen LogP contribution in [-0.4, -0.2) is 86.6 Å². The third-order valence-corrected chi connectivity index (χ3v) is 5.34. The zero-order valence-electron chi connectivity index (χ0n) is 17.9. The average Bonchev–Trinajstić information content (AvgIpc) is 3.19. The zero-order valence-corrected chi connectivity index (χ0v) is 17.9. The van der Waals surface area contributed by atoms with E-state index in [0.717, 1.165) is 0 Å². The number of hydrogen-bond acceptors (Lipinski definition) is 7. The van der Waals surface area contributed by atoms with Gasteiger partial charge in [0.05, 0.1) is 18.9 Å². The number of nitrogens with two attached hydrogens (primary N) is 1. The Morgan fingerprint density at radius 1 is 1.03 bits per heavy atom. The van der Waals surface area contributed by atoms with Gasteiger partial charge in [-0.05, 0) is 18.8 Å². The fourth-order valence-electron chi connectivity index (χ4n) is 3.35. The summed E-state index contributed by atoms with van der Waals surface area (Å²) in [5.41, 5.74) is 5.57. The second kappa shape index (κ2) is 12.0. The molecule has 0 aromatic rings. The Bertz CT molecular complexity index is 757. The Morgan fingerprint density at radius 3 is 2.12 bits per heavy atom. The van der Waals surface area contributed by atoms with E-state index in [1.807, 2.05) is 0 Å². The summed E-state index contributed by atoms with van der Waals surface area (Å²) in [6.45, 7) is 3.66. The van der Waals surface area contributed by atoms with Gasteiger partial charge in [-0.3, -0.25) is 24.0 Å². The molecule has 1 rings (SSSR count). The second-order valence-corrected chi connectivity index (χ2v) is 7.76. The van der Waals surface area contributed by atoms with E-state index in [1.165, 1.54) is 4.90 Å². The van der Waals surface area contributed by atoms with Crippen molar-refractivity contribution in [1.82, 2.24) is 15.5 Å². The van der Waals surface area contributed by atoms with Crippen LogP contribution in [0, 0.1) is 5.92 Å². The summed E-state index contributed by atoms with van der Waals surface area (Å²) in [6.07, 6.45) is -0.289. The third kappa shape index (κ3) is 7.48.